The van der Waals surface area contributed by atoms with Crippen molar-refractivity contribution in [1.29, 1.82) is 0 Å². The first-order valence-corrected chi connectivity index (χ1v) is 7.26. The largest absolute Gasteiger partial charge is 0.300 e. The van der Waals surface area contributed by atoms with E-state index in [1.807, 2.05) is 66.7 Å². The molecule has 1 aromatic heterocycles. The van der Waals surface area contributed by atoms with E-state index in [0.29, 0.717) is 6.42 Å². The number of rotatable bonds is 5. The average Bonchev–Trinajstić information content (AvgIpc) is 2.96. The van der Waals surface area contributed by atoms with Gasteiger partial charge in [0.05, 0.1) is 6.04 Å². The van der Waals surface area contributed by atoms with Gasteiger partial charge in [0.15, 0.2) is 0 Å². The normalized spacial score (nSPS) is 12.8. The summed E-state index contributed by atoms with van der Waals surface area (Å²) in [7, 11) is 0. The van der Waals surface area contributed by atoms with Gasteiger partial charge in [-0.1, -0.05) is 54.6 Å². The van der Waals surface area contributed by atoms with Crippen molar-refractivity contribution in [3.05, 3.63) is 66.2 Å². The monoisotopic (exact) mass is 291 g/mol. The summed E-state index contributed by atoms with van der Waals surface area (Å²) in [4.78, 5) is 13.2. The fraction of sp³-hybridized carbons (Fsp3) is 0.167. The molecule has 0 spiro atoms. The fourth-order valence-corrected chi connectivity index (χ4v) is 2.33. The van der Waals surface area contributed by atoms with Gasteiger partial charge in [-0.3, -0.25) is 4.79 Å². The molecule has 0 amide bonds. The van der Waals surface area contributed by atoms with Crippen molar-refractivity contribution < 1.29 is 4.79 Å². The Balaban J connectivity index is 1.92. The number of benzene rings is 2. The summed E-state index contributed by atoms with van der Waals surface area (Å²) in [6.45, 7) is 1.59. The molecule has 0 saturated heterocycles. The molecule has 0 fully saturated rings. The Bertz CT molecular complexity index is 772. The zero-order valence-corrected chi connectivity index (χ0v) is 12.4. The van der Waals surface area contributed by atoms with Gasteiger partial charge < -0.3 is 0 Å². The standard InChI is InChI=1S/C18H17N3O/c1-14(22)13-16(12-11-15-7-3-2-4-8-15)21-19-17-9-5-6-10-18(17)20-21/h2-12,16H,13H2,1H3/b12-11+/t16-/m1/s1. The van der Waals surface area contributed by atoms with Gasteiger partial charge in [0.25, 0.3) is 0 Å². The summed E-state index contributed by atoms with van der Waals surface area (Å²) in [6.07, 6.45) is 4.36. The molecule has 0 unspecified atom stereocenters. The predicted molar refractivity (Wildman–Crippen MR) is 87.3 cm³/mol. The molecule has 0 aliphatic heterocycles. The van der Waals surface area contributed by atoms with Gasteiger partial charge in [-0.15, -0.1) is 0 Å². The van der Waals surface area contributed by atoms with Gasteiger partial charge >= 0.3 is 0 Å². The maximum absolute atomic E-state index is 11.6. The Labute approximate surface area is 129 Å². The van der Waals surface area contributed by atoms with Crippen molar-refractivity contribution in [3.63, 3.8) is 0 Å². The highest BCUT2D eigenvalue weighted by atomic mass is 16.1. The fourth-order valence-electron chi connectivity index (χ4n) is 2.33. The van der Waals surface area contributed by atoms with Crippen LogP contribution in [0.15, 0.2) is 60.7 Å². The molecule has 22 heavy (non-hydrogen) atoms. The summed E-state index contributed by atoms with van der Waals surface area (Å²) in [5, 5.41) is 8.96. The first-order chi connectivity index (χ1) is 10.7. The summed E-state index contributed by atoms with van der Waals surface area (Å²) >= 11 is 0. The molecule has 0 N–H and O–H groups in total. The molecule has 3 aromatic rings. The van der Waals surface area contributed by atoms with Crippen LogP contribution in [-0.4, -0.2) is 20.8 Å². The lowest BCUT2D eigenvalue weighted by molar-refractivity contribution is -0.117. The lowest BCUT2D eigenvalue weighted by Gasteiger charge is -2.09. The highest BCUT2D eigenvalue weighted by Gasteiger charge is 2.13. The predicted octanol–water partition coefficient (Wildman–Crippen LogP) is 3.66. The number of carbonyl (C=O) groups is 1. The molecule has 1 heterocycles. The summed E-state index contributed by atoms with van der Waals surface area (Å²) in [5.74, 6) is 0.115. The molecular weight excluding hydrogens is 274 g/mol. The molecule has 4 nitrogen and oxygen atoms in total. The molecule has 4 heteroatoms. The third-order valence-electron chi connectivity index (χ3n) is 3.41. The second-order valence-electron chi connectivity index (χ2n) is 5.25. The number of fused-ring (bicyclic) bond motifs is 1. The smallest absolute Gasteiger partial charge is 0.132 e. The number of carbonyl (C=O) groups excluding carboxylic acids is 1. The Morgan fingerprint density at radius 2 is 1.64 bits per heavy atom. The maximum Gasteiger partial charge on any atom is 0.132 e. The highest BCUT2D eigenvalue weighted by Crippen LogP contribution is 2.17. The van der Waals surface area contributed by atoms with Crippen LogP contribution in [0.3, 0.4) is 0 Å². The van der Waals surface area contributed by atoms with Crippen LogP contribution < -0.4 is 0 Å². The Hall–Kier alpha value is -2.75. The van der Waals surface area contributed by atoms with Crippen LogP contribution in [-0.2, 0) is 4.79 Å². The van der Waals surface area contributed by atoms with E-state index < -0.39 is 0 Å². The first kappa shape index (κ1) is 14.2. The molecule has 0 radical (unpaired) electrons. The quantitative estimate of drug-likeness (QED) is 0.720. The van der Waals surface area contributed by atoms with Crippen molar-refractivity contribution in [1.82, 2.24) is 15.0 Å². The minimum absolute atomic E-state index is 0.115. The molecule has 0 saturated carbocycles. The Morgan fingerprint density at radius 1 is 1.05 bits per heavy atom. The van der Waals surface area contributed by atoms with Crippen LogP contribution >= 0.6 is 0 Å². The number of Topliss-reactive ketones (excluding diaryl/α,β-unsaturated/α-hetero) is 1. The minimum atomic E-state index is -0.176. The molecule has 2 aromatic carbocycles. The van der Waals surface area contributed by atoms with Crippen molar-refractivity contribution in [2.75, 3.05) is 0 Å². The topological polar surface area (TPSA) is 47.8 Å². The van der Waals surface area contributed by atoms with Crippen molar-refractivity contribution in [2.45, 2.75) is 19.4 Å². The number of nitrogens with zero attached hydrogens (tertiary/aromatic N) is 3. The van der Waals surface area contributed by atoms with Gasteiger partial charge in [0, 0.05) is 6.42 Å². The third-order valence-corrected chi connectivity index (χ3v) is 3.41. The van der Waals surface area contributed by atoms with Crippen molar-refractivity contribution in [2.24, 2.45) is 0 Å². The van der Waals surface area contributed by atoms with Gasteiger partial charge in [-0.05, 0) is 24.6 Å². The molecule has 110 valence electrons. The molecule has 1 atom stereocenters. The summed E-state index contributed by atoms with van der Waals surface area (Å²) in [5.41, 5.74) is 2.76. The van der Waals surface area contributed by atoms with E-state index in [9.17, 15) is 4.79 Å². The number of aromatic nitrogens is 3. The van der Waals surface area contributed by atoms with E-state index in [1.165, 1.54) is 0 Å². The number of ketones is 1. The second kappa shape index (κ2) is 6.35. The molecular formula is C18H17N3O. The SMILES string of the molecule is CC(=O)C[C@@H](/C=C/c1ccccc1)n1nc2ccccc2n1. The van der Waals surface area contributed by atoms with Crippen molar-refractivity contribution >= 4 is 22.9 Å². The second-order valence-corrected chi connectivity index (χ2v) is 5.25. The van der Waals surface area contributed by atoms with E-state index in [0.717, 1.165) is 16.6 Å². The summed E-state index contributed by atoms with van der Waals surface area (Å²) in [6, 6.07) is 17.5. The van der Waals surface area contributed by atoms with Gasteiger partial charge in [0.1, 0.15) is 16.8 Å². The van der Waals surface area contributed by atoms with Crippen molar-refractivity contribution in [3.8, 4) is 0 Å². The molecule has 0 bridgehead atoms. The Morgan fingerprint density at radius 3 is 2.23 bits per heavy atom. The van der Waals surface area contributed by atoms with Gasteiger partial charge in [-0.25, -0.2) is 0 Å². The summed E-state index contributed by atoms with van der Waals surface area (Å²) < 4.78 is 0. The molecule has 3 rings (SSSR count). The lowest BCUT2D eigenvalue weighted by Crippen LogP contribution is -2.13. The molecule has 0 aliphatic rings. The maximum atomic E-state index is 11.6. The Kier molecular flexibility index (Phi) is 4.10. The zero-order valence-electron chi connectivity index (χ0n) is 12.4. The van der Waals surface area contributed by atoms with Gasteiger partial charge in [0.2, 0.25) is 0 Å². The van der Waals surface area contributed by atoms with Gasteiger partial charge in [-0.2, -0.15) is 15.0 Å². The van der Waals surface area contributed by atoms with Crippen LogP contribution in [0.5, 0.6) is 0 Å². The lowest BCUT2D eigenvalue weighted by atomic mass is 10.1. The number of allylic oxidation sites excluding steroid dienone is 1. The van der Waals surface area contributed by atoms with E-state index in [-0.39, 0.29) is 11.8 Å². The zero-order chi connectivity index (χ0) is 15.4. The third kappa shape index (κ3) is 3.28. The van der Waals surface area contributed by atoms with E-state index >= 15 is 0 Å². The van der Waals surface area contributed by atoms with E-state index in [4.69, 9.17) is 0 Å². The van der Waals surface area contributed by atoms with Crippen LogP contribution in [0.4, 0.5) is 0 Å². The van der Waals surface area contributed by atoms with Crippen LogP contribution in [0.25, 0.3) is 17.1 Å². The number of hydrogen-bond donors (Lipinski definition) is 0. The molecule has 0 aliphatic carbocycles. The van der Waals surface area contributed by atoms with Crippen LogP contribution in [0.1, 0.15) is 24.9 Å². The van der Waals surface area contributed by atoms with Crippen LogP contribution in [0.2, 0.25) is 0 Å². The first-order valence-electron chi connectivity index (χ1n) is 7.26. The number of hydrogen-bond acceptors (Lipinski definition) is 3. The highest BCUT2D eigenvalue weighted by molar-refractivity contribution is 5.76. The van der Waals surface area contributed by atoms with E-state index in [1.54, 1.807) is 11.7 Å². The average molecular weight is 291 g/mol. The van der Waals surface area contributed by atoms with E-state index in [2.05, 4.69) is 10.2 Å². The van der Waals surface area contributed by atoms with Crippen LogP contribution in [0, 0.1) is 0 Å². The minimum Gasteiger partial charge on any atom is -0.300 e.